The van der Waals surface area contributed by atoms with Crippen molar-refractivity contribution in [1.29, 1.82) is 0 Å². The summed E-state index contributed by atoms with van der Waals surface area (Å²) in [6.45, 7) is 29.3. The zero-order valence-electron chi connectivity index (χ0n) is 31.3. The summed E-state index contributed by atoms with van der Waals surface area (Å²) >= 11 is 0. The second-order valence-corrected chi connectivity index (χ2v) is 11.1. The van der Waals surface area contributed by atoms with Gasteiger partial charge in [-0.25, -0.2) is 4.99 Å². The van der Waals surface area contributed by atoms with E-state index < -0.39 is 0 Å². The van der Waals surface area contributed by atoms with Crippen LogP contribution in [-0.4, -0.2) is 51.2 Å². The molecule has 1 aromatic heterocycles. The van der Waals surface area contributed by atoms with Crippen molar-refractivity contribution in [2.24, 2.45) is 4.99 Å². The van der Waals surface area contributed by atoms with E-state index in [2.05, 4.69) is 94.0 Å². The lowest BCUT2D eigenvalue weighted by Crippen LogP contribution is -2.36. The first-order chi connectivity index (χ1) is 23.1. The average Bonchev–Trinajstić information content (AvgIpc) is 3.49. The van der Waals surface area contributed by atoms with Crippen LogP contribution in [0.2, 0.25) is 0 Å². The standard InChI is InChI=1S/C21H33N5.C11H12.C8H8O.C2H6/c1-8-11-25(12-9-2)21-14-17(5)22-20(24(21)7)13-16(4)19-15-18(6)26(10-3)23-19;1-3-7-10(2)11-8-5-4-6-9-11;1-7(9)8-5-3-2-4-6-8;1-2/h13-15H,4,8-12H2,1-3,5-7H3;3-9H,2H2,1H3;2-6H,1H3;1-2H3/b20-13-;7-3-;;. The fraction of sp³-hybridized carbons (Fsp3) is 0.357. The highest BCUT2D eigenvalue weighted by atomic mass is 16.1. The molecule has 258 valence electrons. The van der Waals surface area contributed by atoms with E-state index in [1.165, 1.54) is 11.4 Å². The van der Waals surface area contributed by atoms with Crippen LogP contribution in [0, 0.1) is 6.92 Å². The molecule has 6 heteroatoms. The third-order valence-corrected chi connectivity index (χ3v) is 7.23. The van der Waals surface area contributed by atoms with Crippen LogP contribution in [0.1, 0.15) is 95.5 Å². The molecule has 0 N–H and O–H groups in total. The molecular formula is C42H59N5O. The molecule has 0 fully saturated rings. The SMILES string of the molecule is C=C(/C=C1/N=C(C)C=C(N(CCC)CCC)N1C)c1cc(C)n(CC)n1.C=C(/C=C\C)c1ccccc1.CC.CC(=O)c1ccccc1. The predicted molar refractivity (Wildman–Crippen MR) is 209 cm³/mol. The molecule has 6 nitrogen and oxygen atoms in total. The van der Waals surface area contributed by atoms with Gasteiger partial charge < -0.3 is 9.80 Å². The summed E-state index contributed by atoms with van der Waals surface area (Å²) in [7, 11) is 2.08. The van der Waals surface area contributed by atoms with Crippen LogP contribution in [0.4, 0.5) is 0 Å². The Morgan fingerprint density at radius 3 is 1.85 bits per heavy atom. The molecule has 48 heavy (non-hydrogen) atoms. The van der Waals surface area contributed by atoms with Crippen molar-refractivity contribution in [2.75, 3.05) is 20.1 Å². The van der Waals surface area contributed by atoms with Gasteiger partial charge in [0.05, 0.1) is 5.69 Å². The van der Waals surface area contributed by atoms with E-state index in [0.29, 0.717) is 0 Å². The Balaban J connectivity index is 0.000000426. The number of carbonyl (C=O) groups is 1. The second-order valence-electron chi connectivity index (χ2n) is 11.1. The number of aliphatic imine (C=N–C) groups is 1. The molecule has 1 aliphatic rings. The van der Waals surface area contributed by atoms with Crippen LogP contribution >= 0.6 is 0 Å². The van der Waals surface area contributed by atoms with E-state index in [-0.39, 0.29) is 5.78 Å². The number of aryl methyl sites for hydroxylation is 2. The molecule has 2 aromatic carbocycles. The summed E-state index contributed by atoms with van der Waals surface area (Å²) in [5, 5.41) is 4.63. The normalized spacial score (nSPS) is 12.8. The quantitative estimate of drug-likeness (QED) is 0.153. The van der Waals surface area contributed by atoms with Gasteiger partial charge in [-0.1, -0.05) is 114 Å². The second kappa shape index (κ2) is 22.8. The first-order valence-electron chi connectivity index (χ1n) is 17.2. The summed E-state index contributed by atoms with van der Waals surface area (Å²) in [4.78, 5) is 20.0. The summed E-state index contributed by atoms with van der Waals surface area (Å²) < 4.78 is 1.99. The summed E-state index contributed by atoms with van der Waals surface area (Å²) in [6, 6.07) is 21.5. The number of ketones is 1. The van der Waals surface area contributed by atoms with E-state index in [0.717, 1.165) is 72.1 Å². The number of hydrogen-bond donors (Lipinski definition) is 0. The number of allylic oxidation sites excluding steroid dienone is 6. The maximum Gasteiger partial charge on any atom is 0.159 e. The number of Topliss-reactive ketones (excluding diaryl/α,β-unsaturated/α-hetero) is 1. The number of benzene rings is 2. The van der Waals surface area contributed by atoms with Gasteiger partial charge in [-0.15, -0.1) is 0 Å². The van der Waals surface area contributed by atoms with Crippen molar-refractivity contribution in [3.63, 3.8) is 0 Å². The number of aromatic nitrogens is 2. The van der Waals surface area contributed by atoms with E-state index in [1.54, 1.807) is 6.92 Å². The highest BCUT2D eigenvalue weighted by molar-refractivity contribution is 5.95. The van der Waals surface area contributed by atoms with Crippen LogP contribution in [0.25, 0.3) is 11.1 Å². The van der Waals surface area contributed by atoms with Crippen molar-refractivity contribution < 1.29 is 4.79 Å². The first-order valence-corrected chi connectivity index (χ1v) is 17.2. The van der Waals surface area contributed by atoms with Gasteiger partial charge in [0.25, 0.3) is 0 Å². The highest BCUT2D eigenvalue weighted by Gasteiger charge is 2.20. The lowest BCUT2D eigenvalue weighted by Gasteiger charge is -2.35. The average molecular weight is 650 g/mol. The molecule has 3 aromatic rings. The molecule has 0 aliphatic carbocycles. The van der Waals surface area contributed by atoms with E-state index >= 15 is 0 Å². The Morgan fingerprint density at radius 1 is 0.875 bits per heavy atom. The molecule has 0 spiro atoms. The lowest BCUT2D eigenvalue weighted by molar-refractivity contribution is 0.101. The topological polar surface area (TPSA) is 53.7 Å². The number of nitrogens with zero attached hydrogens (tertiary/aromatic N) is 5. The fourth-order valence-electron chi connectivity index (χ4n) is 4.84. The van der Waals surface area contributed by atoms with Crippen molar-refractivity contribution in [3.05, 3.63) is 138 Å². The molecule has 0 amide bonds. The van der Waals surface area contributed by atoms with Gasteiger partial charge in [0.2, 0.25) is 0 Å². The monoisotopic (exact) mass is 649 g/mol. The Labute approximate surface area is 291 Å². The predicted octanol–water partition coefficient (Wildman–Crippen LogP) is 10.6. The van der Waals surface area contributed by atoms with Crippen LogP contribution < -0.4 is 0 Å². The third kappa shape index (κ3) is 13.6. The van der Waals surface area contributed by atoms with Crippen LogP contribution in [0.5, 0.6) is 0 Å². The van der Waals surface area contributed by atoms with Gasteiger partial charge in [-0.3, -0.25) is 9.48 Å². The van der Waals surface area contributed by atoms with Gasteiger partial charge in [0.1, 0.15) is 11.6 Å². The Kier molecular flexibility index (Phi) is 19.6. The minimum Gasteiger partial charge on any atom is -0.358 e. The molecule has 0 saturated carbocycles. The van der Waals surface area contributed by atoms with Gasteiger partial charge in [0, 0.05) is 49.7 Å². The van der Waals surface area contributed by atoms with E-state index in [9.17, 15) is 4.79 Å². The maximum atomic E-state index is 10.6. The lowest BCUT2D eigenvalue weighted by atomic mass is 10.1. The number of rotatable bonds is 11. The summed E-state index contributed by atoms with van der Waals surface area (Å²) in [6.07, 6.45) is 10.5. The molecular weight excluding hydrogens is 590 g/mol. The zero-order chi connectivity index (χ0) is 36.1. The first kappa shape index (κ1) is 41.3. The minimum absolute atomic E-state index is 0.121. The third-order valence-electron chi connectivity index (χ3n) is 7.23. The highest BCUT2D eigenvalue weighted by Crippen LogP contribution is 2.25. The van der Waals surface area contributed by atoms with Gasteiger partial charge in [-0.2, -0.15) is 5.10 Å². The zero-order valence-corrected chi connectivity index (χ0v) is 31.3. The smallest absolute Gasteiger partial charge is 0.159 e. The number of carbonyl (C=O) groups excluding carboxylic acids is 1. The molecule has 0 atom stereocenters. The van der Waals surface area contributed by atoms with E-state index in [1.807, 2.05) is 92.2 Å². The van der Waals surface area contributed by atoms with E-state index in [4.69, 9.17) is 4.99 Å². The van der Waals surface area contributed by atoms with Gasteiger partial charge in [0.15, 0.2) is 5.78 Å². The molecule has 2 heterocycles. The Hall–Kier alpha value is -4.71. The fourth-order valence-corrected chi connectivity index (χ4v) is 4.84. The van der Waals surface area contributed by atoms with Crippen LogP contribution in [0.15, 0.2) is 121 Å². The van der Waals surface area contributed by atoms with Gasteiger partial charge in [-0.05, 0) is 76.3 Å². The largest absolute Gasteiger partial charge is 0.358 e. The Morgan fingerprint density at radius 2 is 1.42 bits per heavy atom. The van der Waals surface area contributed by atoms with Crippen molar-refractivity contribution >= 4 is 22.6 Å². The molecule has 0 unspecified atom stereocenters. The molecule has 1 aliphatic heterocycles. The van der Waals surface area contributed by atoms with Crippen LogP contribution in [-0.2, 0) is 6.54 Å². The molecule has 0 bridgehead atoms. The van der Waals surface area contributed by atoms with Crippen molar-refractivity contribution in [2.45, 2.75) is 81.7 Å². The van der Waals surface area contributed by atoms with Crippen molar-refractivity contribution in [3.8, 4) is 0 Å². The van der Waals surface area contributed by atoms with Crippen LogP contribution in [0.3, 0.4) is 0 Å². The van der Waals surface area contributed by atoms with Crippen molar-refractivity contribution in [1.82, 2.24) is 19.6 Å². The molecule has 0 radical (unpaired) electrons. The minimum atomic E-state index is 0.121. The summed E-state index contributed by atoms with van der Waals surface area (Å²) in [5.41, 5.74) is 6.99. The summed E-state index contributed by atoms with van der Waals surface area (Å²) in [5.74, 6) is 2.23. The Bertz CT molecular complexity index is 1540. The molecule has 0 saturated heterocycles. The number of hydrogen-bond acceptors (Lipinski definition) is 5. The molecule has 4 rings (SSSR count). The maximum absolute atomic E-state index is 10.6. The van der Waals surface area contributed by atoms with Gasteiger partial charge >= 0.3 is 0 Å².